The summed E-state index contributed by atoms with van der Waals surface area (Å²) in [7, 11) is 0. The summed E-state index contributed by atoms with van der Waals surface area (Å²) in [5.74, 6) is -0.180. The van der Waals surface area contributed by atoms with Crippen molar-refractivity contribution in [3.63, 3.8) is 0 Å². The van der Waals surface area contributed by atoms with E-state index in [4.69, 9.17) is 11.6 Å². The number of alkyl halides is 1. The molecule has 3 nitrogen and oxygen atoms in total. The van der Waals surface area contributed by atoms with Crippen molar-refractivity contribution in [2.75, 3.05) is 5.88 Å². The minimum Gasteiger partial charge on any atom is -0.280 e. The molecule has 74 valence electrons. The van der Waals surface area contributed by atoms with Gasteiger partial charge >= 0.3 is 0 Å². The number of carbonyl (C=O) groups excluding carboxylic acids is 2. The monoisotopic (exact) mass is 203 g/mol. The van der Waals surface area contributed by atoms with Crippen molar-refractivity contribution >= 4 is 23.4 Å². The van der Waals surface area contributed by atoms with Gasteiger partial charge < -0.3 is 0 Å². The maximum atomic E-state index is 11.6. The maximum absolute atomic E-state index is 11.6. The SMILES string of the molecule is CC(CCl)C(=O)N1C(=O)CCC1C. The fourth-order valence-corrected chi connectivity index (χ4v) is 1.60. The van der Waals surface area contributed by atoms with Crippen LogP contribution in [0.1, 0.15) is 26.7 Å². The van der Waals surface area contributed by atoms with Crippen LogP contribution in [0.15, 0.2) is 0 Å². The summed E-state index contributed by atoms with van der Waals surface area (Å²) in [6, 6.07) is 0.0469. The summed E-state index contributed by atoms with van der Waals surface area (Å²) >= 11 is 5.56. The van der Waals surface area contributed by atoms with E-state index < -0.39 is 0 Å². The molecule has 2 amide bonds. The summed E-state index contributed by atoms with van der Waals surface area (Å²) in [5.41, 5.74) is 0. The molecule has 4 heteroatoms. The topological polar surface area (TPSA) is 37.4 Å². The number of carbonyl (C=O) groups is 2. The number of hydrogen-bond acceptors (Lipinski definition) is 2. The molecule has 0 saturated carbocycles. The number of amides is 2. The van der Waals surface area contributed by atoms with Crippen molar-refractivity contribution < 1.29 is 9.59 Å². The third-order valence-electron chi connectivity index (χ3n) is 2.38. The van der Waals surface area contributed by atoms with Gasteiger partial charge in [-0.25, -0.2) is 0 Å². The number of halogens is 1. The van der Waals surface area contributed by atoms with Crippen LogP contribution >= 0.6 is 11.6 Å². The minimum absolute atomic E-state index is 0.0469. The van der Waals surface area contributed by atoms with E-state index in [9.17, 15) is 9.59 Å². The molecular weight excluding hydrogens is 190 g/mol. The molecule has 1 rings (SSSR count). The van der Waals surface area contributed by atoms with Crippen LogP contribution in [-0.2, 0) is 9.59 Å². The van der Waals surface area contributed by atoms with E-state index in [1.807, 2.05) is 6.92 Å². The Morgan fingerprint density at radius 2 is 2.38 bits per heavy atom. The summed E-state index contributed by atoms with van der Waals surface area (Å²) in [6.07, 6.45) is 1.27. The van der Waals surface area contributed by atoms with Crippen LogP contribution in [0.4, 0.5) is 0 Å². The summed E-state index contributed by atoms with van der Waals surface area (Å²) in [6.45, 7) is 3.64. The van der Waals surface area contributed by atoms with E-state index in [1.54, 1.807) is 6.92 Å². The molecule has 0 aromatic rings. The molecular formula is C9H14ClNO2. The van der Waals surface area contributed by atoms with Crippen LogP contribution in [-0.4, -0.2) is 28.6 Å². The van der Waals surface area contributed by atoms with Crippen LogP contribution in [0.25, 0.3) is 0 Å². The van der Waals surface area contributed by atoms with E-state index in [0.29, 0.717) is 6.42 Å². The molecule has 2 atom stereocenters. The largest absolute Gasteiger partial charge is 0.280 e. The molecule has 0 spiro atoms. The van der Waals surface area contributed by atoms with Gasteiger partial charge in [0.05, 0.1) is 0 Å². The number of imide groups is 1. The third-order valence-corrected chi connectivity index (χ3v) is 2.84. The van der Waals surface area contributed by atoms with Crippen LogP contribution < -0.4 is 0 Å². The molecule has 0 aromatic heterocycles. The fourth-order valence-electron chi connectivity index (χ4n) is 1.47. The molecule has 0 N–H and O–H groups in total. The Hall–Kier alpha value is -0.570. The average Bonchev–Trinajstić information content (AvgIpc) is 2.44. The van der Waals surface area contributed by atoms with E-state index in [-0.39, 0.29) is 29.7 Å². The first-order valence-corrected chi connectivity index (χ1v) is 5.03. The second-order valence-electron chi connectivity index (χ2n) is 3.55. The maximum Gasteiger partial charge on any atom is 0.233 e. The molecule has 1 aliphatic rings. The number of nitrogens with zero attached hydrogens (tertiary/aromatic N) is 1. The van der Waals surface area contributed by atoms with Crippen molar-refractivity contribution in [2.24, 2.45) is 5.92 Å². The van der Waals surface area contributed by atoms with Gasteiger partial charge in [0.2, 0.25) is 11.8 Å². The van der Waals surface area contributed by atoms with Crippen molar-refractivity contribution in [1.82, 2.24) is 4.90 Å². The molecule has 1 aliphatic heterocycles. The van der Waals surface area contributed by atoms with Gasteiger partial charge in [0.25, 0.3) is 0 Å². The zero-order valence-corrected chi connectivity index (χ0v) is 8.67. The van der Waals surface area contributed by atoms with E-state index in [0.717, 1.165) is 6.42 Å². The van der Waals surface area contributed by atoms with Gasteiger partial charge in [-0.05, 0) is 13.3 Å². The first-order chi connectivity index (χ1) is 6.07. The Morgan fingerprint density at radius 1 is 1.77 bits per heavy atom. The summed E-state index contributed by atoms with van der Waals surface area (Å²) in [5, 5.41) is 0. The quantitative estimate of drug-likeness (QED) is 0.637. The lowest BCUT2D eigenvalue weighted by Gasteiger charge is -2.22. The van der Waals surface area contributed by atoms with Crippen LogP contribution in [0.3, 0.4) is 0 Å². The number of rotatable bonds is 2. The van der Waals surface area contributed by atoms with Gasteiger partial charge in [0.1, 0.15) is 0 Å². The van der Waals surface area contributed by atoms with Crippen molar-refractivity contribution in [2.45, 2.75) is 32.7 Å². The lowest BCUT2D eigenvalue weighted by atomic mass is 10.1. The van der Waals surface area contributed by atoms with E-state index >= 15 is 0 Å². The van der Waals surface area contributed by atoms with Gasteiger partial charge in [-0.2, -0.15) is 0 Å². The molecule has 0 radical (unpaired) electrons. The Labute approximate surface area is 83.0 Å². The normalized spacial score (nSPS) is 25.0. The van der Waals surface area contributed by atoms with E-state index in [1.165, 1.54) is 4.90 Å². The smallest absolute Gasteiger partial charge is 0.233 e. The van der Waals surface area contributed by atoms with Crippen LogP contribution in [0, 0.1) is 5.92 Å². The summed E-state index contributed by atoms with van der Waals surface area (Å²) < 4.78 is 0. The second-order valence-corrected chi connectivity index (χ2v) is 3.85. The average molecular weight is 204 g/mol. The number of likely N-dealkylation sites (tertiary alicyclic amines) is 1. The highest BCUT2D eigenvalue weighted by atomic mass is 35.5. The molecule has 1 heterocycles. The third kappa shape index (κ3) is 2.02. The van der Waals surface area contributed by atoms with Crippen LogP contribution in [0.5, 0.6) is 0 Å². The molecule has 0 aromatic carbocycles. The van der Waals surface area contributed by atoms with Crippen LogP contribution in [0.2, 0.25) is 0 Å². The Kier molecular flexibility index (Phi) is 3.31. The summed E-state index contributed by atoms with van der Waals surface area (Å²) in [4.78, 5) is 24.3. The van der Waals surface area contributed by atoms with Gasteiger partial charge in [0.15, 0.2) is 0 Å². The zero-order chi connectivity index (χ0) is 10.0. The first kappa shape index (κ1) is 10.5. The lowest BCUT2D eigenvalue weighted by Crippen LogP contribution is -2.40. The molecule has 2 unspecified atom stereocenters. The Bertz CT molecular complexity index is 230. The standard InChI is InChI=1S/C9H14ClNO2/c1-6(5-10)9(13)11-7(2)3-4-8(11)12/h6-7H,3-5H2,1-2H3. The van der Waals surface area contributed by atoms with Crippen molar-refractivity contribution in [3.8, 4) is 0 Å². The molecule has 0 bridgehead atoms. The van der Waals surface area contributed by atoms with Gasteiger partial charge in [0, 0.05) is 24.3 Å². The second kappa shape index (κ2) is 4.09. The van der Waals surface area contributed by atoms with Crippen molar-refractivity contribution in [1.29, 1.82) is 0 Å². The molecule has 1 fully saturated rings. The number of hydrogen-bond donors (Lipinski definition) is 0. The van der Waals surface area contributed by atoms with Gasteiger partial charge in [-0.3, -0.25) is 14.5 Å². The highest BCUT2D eigenvalue weighted by Gasteiger charge is 2.34. The predicted octanol–water partition coefficient (Wildman–Crippen LogP) is 1.40. The molecule has 0 aliphatic carbocycles. The Morgan fingerprint density at radius 3 is 2.77 bits per heavy atom. The zero-order valence-electron chi connectivity index (χ0n) is 7.92. The fraction of sp³-hybridized carbons (Fsp3) is 0.778. The first-order valence-electron chi connectivity index (χ1n) is 4.49. The van der Waals surface area contributed by atoms with E-state index in [2.05, 4.69) is 0 Å². The van der Waals surface area contributed by atoms with Gasteiger partial charge in [-0.15, -0.1) is 11.6 Å². The highest BCUT2D eigenvalue weighted by Crippen LogP contribution is 2.20. The molecule has 1 saturated heterocycles. The molecule has 13 heavy (non-hydrogen) atoms. The minimum atomic E-state index is -0.258. The highest BCUT2D eigenvalue weighted by molar-refractivity contribution is 6.19. The predicted molar refractivity (Wildman–Crippen MR) is 50.4 cm³/mol. The lowest BCUT2D eigenvalue weighted by molar-refractivity contribution is -0.145. The van der Waals surface area contributed by atoms with Crippen molar-refractivity contribution in [3.05, 3.63) is 0 Å². The van der Waals surface area contributed by atoms with Gasteiger partial charge in [-0.1, -0.05) is 6.92 Å². The Balaban J connectivity index is 2.70.